The number of nitrogens with one attached hydrogen (secondary N) is 1. The Morgan fingerprint density at radius 1 is 1.53 bits per heavy atom. The number of halogens is 2. The number of rotatable bonds is 3. The summed E-state index contributed by atoms with van der Waals surface area (Å²) < 4.78 is 6.40. The summed E-state index contributed by atoms with van der Waals surface area (Å²) in [7, 11) is 0. The van der Waals surface area contributed by atoms with Gasteiger partial charge in [0.2, 0.25) is 0 Å². The van der Waals surface area contributed by atoms with Crippen molar-refractivity contribution in [3.63, 3.8) is 0 Å². The van der Waals surface area contributed by atoms with E-state index in [1.54, 1.807) is 0 Å². The van der Waals surface area contributed by atoms with Gasteiger partial charge in [-0.15, -0.1) is 0 Å². The minimum absolute atomic E-state index is 0.0981. The molecule has 0 saturated carbocycles. The van der Waals surface area contributed by atoms with Crippen LogP contribution in [0.1, 0.15) is 24.4 Å². The molecule has 0 aromatic heterocycles. The molecule has 1 aliphatic heterocycles. The third kappa shape index (κ3) is 3.20. The standard InChI is InChI=1S/C12H16BrClN2O/c13-10-4-3-8(6-11(10)14)12(16-15)9-2-1-5-17-7-9/h3-4,6,9,12,16H,1-2,5,7,15H2. The predicted octanol–water partition coefficient (Wildman–Crippen LogP) is 3.03. The van der Waals surface area contributed by atoms with Crippen molar-refractivity contribution in [1.82, 2.24) is 5.43 Å². The SMILES string of the molecule is NNC(c1ccc(Br)c(Cl)c1)C1CCCOC1. The van der Waals surface area contributed by atoms with Gasteiger partial charge in [0, 0.05) is 17.0 Å². The Morgan fingerprint density at radius 2 is 2.35 bits per heavy atom. The summed E-state index contributed by atoms with van der Waals surface area (Å²) in [5, 5.41) is 0.708. The third-order valence-corrected chi connectivity index (χ3v) is 4.38. The maximum Gasteiger partial charge on any atom is 0.0551 e. The lowest BCUT2D eigenvalue weighted by Gasteiger charge is -2.30. The van der Waals surface area contributed by atoms with Crippen LogP contribution in [0.4, 0.5) is 0 Å². The van der Waals surface area contributed by atoms with Crippen LogP contribution in [0.25, 0.3) is 0 Å². The molecule has 2 unspecified atom stereocenters. The Morgan fingerprint density at radius 3 is 2.94 bits per heavy atom. The molecule has 0 amide bonds. The molecule has 17 heavy (non-hydrogen) atoms. The van der Waals surface area contributed by atoms with Crippen LogP contribution in [0.3, 0.4) is 0 Å². The van der Waals surface area contributed by atoms with Crippen LogP contribution in [0.5, 0.6) is 0 Å². The minimum Gasteiger partial charge on any atom is -0.381 e. The first kappa shape index (κ1) is 13.3. The summed E-state index contributed by atoms with van der Waals surface area (Å²) in [6.45, 7) is 1.61. The highest BCUT2D eigenvalue weighted by Crippen LogP contribution is 2.32. The van der Waals surface area contributed by atoms with E-state index in [0.717, 1.165) is 36.1 Å². The zero-order valence-electron chi connectivity index (χ0n) is 9.46. The molecule has 2 atom stereocenters. The van der Waals surface area contributed by atoms with Gasteiger partial charge in [0.25, 0.3) is 0 Å². The van der Waals surface area contributed by atoms with E-state index in [4.69, 9.17) is 22.2 Å². The highest BCUT2D eigenvalue weighted by molar-refractivity contribution is 9.10. The quantitative estimate of drug-likeness (QED) is 0.665. The molecule has 0 spiro atoms. The molecule has 0 aliphatic carbocycles. The van der Waals surface area contributed by atoms with Crippen LogP contribution in [0.2, 0.25) is 5.02 Å². The predicted molar refractivity (Wildman–Crippen MR) is 72.8 cm³/mol. The molecule has 1 fully saturated rings. The van der Waals surface area contributed by atoms with Crippen LogP contribution in [-0.4, -0.2) is 13.2 Å². The van der Waals surface area contributed by atoms with Gasteiger partial charge in [-0.1, -0.05) is 17.7 Å². The van der Waals surface area contributed by atoms with Gasteiger partial charge in [0.05, 0.1) is 17.7 Å². The molecular formula is C12H16BrClN2O. The van der Waals surface area contributed by atoms with Crippen LogP contribution in [-0.2, 0) is 4.74 Å². The van der Waals surface area contributed by atoms with Crippen molar-refractivity contribution in [3.05, 3.63) is 33.3 Å². The Bertz CT molecular complexity index is 383. The van der Waals surface area contributed by atoms with Gasteiger partial charge in [-0.25, -0.2) is 0 Å². The molecular weight excluding hydrogens is 304 g/mol. The molecule has 1 aliphatic rings. The summed E-state index contributed by atoms with van der Waals surface area (Å²) in [5.41, 5.74) is 3.99. The molecule has 3 N–H and O–H groups in total. The monoisotopic (exact) mass is 318 g/mol. The maximum absolute atomic E-state index is 6.11. The molecule has 3 nitrogen and oxygen atoms in total. The first-order valence-electron chi connectivity index (χ1n) is 5.71. The lowest BCUT2D eigenvalue weighted by atomic mass is 9.89. The summed E-state index contributed by atoms with van der Waals surface area (Å²) in [5.74, 6) is 6.07. The van der Waals surface area contributed by atoms with E-state index in [9.17, 15) is 0 Å². The van der Waals surface area contributed by atoms with E-state index in [2.05, 4.69) is 21.4 Å². The zero-order valence-corrected chi connectivity index (χ0v) is 11.8. The van der Waals surface area contributed by atoms with E-state index >= 15 is 0 Å². The Hall–Kier alpha value is -0.130. The molecule has 2 rings (SSSR count). The number of hydrazine groups is 1. The van der Waals surface area contributed by atoms with Crippen molar-refractivity contribution >= 4 is 27.5 Å². The van der Waals surface area contributed by atoms with Crippen LogP contribution >= 0.6 is 27.5 Å². The lowest BCUT2D eigenvalue weighted by molar-refractivity contribution is 0.0390. The Kier molecular flexibility index (Phi) is 4.82. The number of nitrogens with two attached hydrogens (primary N) is 1. The van der Waals surface area contributed by atoms with Gasteiger partial charge in [-0.3, -0.25) is 11.3 Å². The van der Waals surface area contributed by atoms with Crippen LogP contribution in [0.15, 0.2) is 22.7 Å². The smallest absolute Gasteiger partial charge is 0.0551 e. The third-order valence-electron chi connectivity index (χ3n) is 3.15. The minimum atomic E-state index is 0.0981. The molecule has 5 heteroatoms. The molecule has 1 aromatic rings. The summed E-state index contributed by atoms with van der Waals surface area (Å²) in [6.07, 6.45) is 2.22. The fraction of sp³-hybridized carbons (Fsp3) is 0.500. The van der Waals surface area contributed by atoms with Crippen molar-refractivity contribution in [3.8, 4) is 0 Å². The van der Waals surface area contributed by atoms with Gasteiger partial charge < -0.3 is 4.74 Å². The van der Waals surface area contributed by atoms with E-state index < -0.39 is 0 Å². The summed E-state index contributed by atoms with van der Waals surface area (Å²) >= 11 is 9.50. The second-order valence-corrected chi connectivity index (χ2v) is 5.56. The Labute approximate surface area is 115 Å². The van der Waals surface area contributed by atoms with Crippen molar-refractivity contribution in [1.29, 1.82) is 0 Å². The number of ether oxygens (including phenoxy) is 1. The van der Waals surface area contributed by atoms with Gasteiger partial charge in [-0.05, 0) is 46.5 Å². The van der Waals surface area contributed by atoms with Gasteiger partial charge >= 0.3 is 0 Å². The van der Waals surface area contributed by atoms with Crippen molar-refractivity contribution in [2.45, 2.75) is 18.9 Å². The zero-order chi connectivity index (χ0) is 12.3. The highest BCUT2D eigenvalue weighted by atomic mass is 79.9. The normalized spacial score (nSPS) is 22.4. The number of hydrogen-bond donors (Lipinski definition) is 2. The Balaban J connectivity index is 2.18. The van der Waals surface area contributed by atoms with E-state index in [1.807, 2.05) is 18.2 Å². The average Bonchev–Trinajstić information content (AvgIpc) is 2.36. The molecule has 0 bridgehead atoms. The molecule has 1 heterocycles. The van der Waals surface area contributed by atoms with Gasteiger partial charge in [0.1, 0.15) is 0 Å². The lowest BCUT2D eigenvalue weighted by Crippen LogP contribution is -2.37. The number of benzene rings is 1. The first-order chi connectivity index (χ1) is 8.22. The van der Waals surface area contributed by atoms with E-state index in [1.165, 1.54) is 0 Å². The topological polar surface area (TPSA) is 47.3 Å². The molecule has 94 valence electrons. The van der Waals surface area contributed by atoms with Crippen LogP contribution < -0.4 is 11.3 Å². The summed E-state index contributed by atoms with van der Waals surface area (Å²) in [4.78, 5) is 0. The second kappa shape index (κ2) is 6.16. The fourth-order valence-electron chi connectivity index (χ4n) is 2.24. The summed E-state index contributed by atoms with van der Waals surface area (Å²) in [6, 6.07) is 6.03. The van der Waals surface area contributed by atoms with E-state index in [0.29, 0.717) is 10.9 Å². The largest absolute Gasteiger partial charge is 0.381 e. The average molecular weight is 320 g/mol. The van der Waals surface area contributed by atoms with Crippen molar-refractivity contribution < 1.29 is 4.74 Å². The van der Waals surface area contributed by atoms with E-state index in [-0.39, 0.29) is 6.04 Å². The second-order valence-electron chi connectivity index (χ2n) is 4.30. The first-order valence-corrected chi connectivity index (χ1v) is 6.88. The van der Waals surface area contributed by atoms with Gasteiger partial charge in [-0.2, -0.15) is 0 Å². The van der Waals surface area contributed by atoms with Crippen molar-refractivity contribution in [2.75, 3.05) is 13.2 Å². The van der Waals surface area contributed by atoms with Crippen molar-refractivity contribution in [2.24, 2.45) is 11.8 Å². The van der Waals surface area contributed by atoms with Gasteiger partial charge in [0.15, 0.2) is 0 Å². The highest BCUT2D eigenvalue weighted by Gasteiger charge is 2.25. The van der Waals surface area contributed by atoms with Crippen LogP contribution in [0, 0.1) is 5.92 Å². The molecule has 0 radical (unpaired) electrons. The fourth-order valence-corrected chi connectivity index (χ4v) is 2.67. The molecule has 1 saturated heterocycles. The molecule has 1 aromatic carbocycles. The number of hydrogen-bond acceptors (Lipinski definition) is 3. The maximum atomic E-state index is 6.11.